The number of aromatic nitrogens is 3. The van der Waals surface area contributed by atoms with Crippen molar-refractivity contribution in [2.24, 2.45) is 0 Å². The van der Waals surface area contributed by atoms with Crippen molar-refractivity contribution in [2.45, 2.75) is 22.1 Å². The molecule has 55 heavy (non-hydrogen) atoms. The average Bonchev–Trinajstić information content (AvgIpc) is 3.54. The zero-order valence-electron chi connectivity index (χ0n) is 30.3. The van der Waals surface area contributed by atoms with E-state index in [1.54, 1.807) is 6.08 Å². The molecule has 10 rings (SSSR count). The summed E-state index contributed by atoms with van der Waals surface area (Å²) in [5.41, 5.74) is 12.5. The largest absolute Gasteiger partial charge is 0.209 e. The molecule has 0 fully saturated rings. The van der Waals surface area contributed by atoms with Crippen LogP contribution in [0.25, 0.3) is 61.4 Å². The van der Waals surface area contributed by atoms with Gasteiger partial charge in [0.05, 0.1) is 5.41 Å². The lowest BCUT2D eigenvalue weighted by atomic mass is 9.67. The number of nitrogens with zero attached hydrogens (tertiary/aromatic N) is 3. The molecule has 1 spiro atoms. The standard InChI is InChI=1S/C51H35N3S/c1-3-4-6-17-33(2)48-52-49(35-19-7-5-8-20-35)54-50(53-48)47-37-21-10-9-18-34(37)28-30-38(47)36-29-31-44-46(32-36)55-45-27-16-15-26-43(45)51(44)41-24-13-11-22-39(41)40-23-12-14-25-42(40)51/h3-32H,1H2,2H3/b6-4-,33-17+. The maximum absolute atomic E-state index is 5.23. The fraction of sp³-hybridized carbons (Fsp3) is 0.0392. The van der Waals surface area contributed by atoms with Crippen molar-refractivity contribution in [1.29, 1.82) is 0 Å². The van der Waals surface area contributed by atoms with Gasteiger partial charge >= 0.3 is 0 Å². The molecule has 8 aromatic rings. The lowest BCUT2D eigenvalue weighted by Gasteiger charge is -2.39. The van der Waals surface area contributed by atoms with E-state index in [1.807, 2.05) is 55.1 Å². The Kier molecular flexibility index (Phi) is 8.01. The van der Waals surface area contributed by atoms with Gasteiger partial charge in [0.1, 0.15) is 0 Å². The van der Waals surface area contributed by atoms with Crippen LogP contribution in [0.4, 0.5) is 0 Å². The van der Waals surface area contributed by atoms with E-state index < -0.39 is 5.41 Å². The van der Waals surface area contributed by atoms with Crippen LogP contribution in [0.2, 0.25) is 0 Å². The van der Waals surface area contributed by atoms with Gasteiger partial charge in [0.25, 0.3) is 0 Å². The second-order valence-electron chi connectivity index (χ2n) is 14.0. The first kappa shape index (κ1) is 33.0. The summed E-state index contributed by atoms with van der Waals surface area (Å²) >= 11 is 1.86. The summed E-state index contributed by atoms with van der Waals surface area (Å²) in [7, 11) is 0. The molecule has 0 saturated heterocycles. The molecule has 7 aromatic carbocycles. The van der Waals surface area contributed by atoms with Gasteiger partial charge in [-0.25, -0.2) is 15.0 Å². The van der Waals surface area contributed by atoms with Crippen LogP contribution in [0, 0.1) is 0 Å². The highest BCUT2D eigenvalue weighted by molar-refractivity contribution is 7.99. The molecule has 0 amide bonds. The molecule has 1 aliphatic heterocycles. The Balaban J connectivity index is 1.22. The molecule has 1 aliphatic carbocycles. The van der Waals surface area contributed by atoms with E-state index in [9.17, 15) is 0 Å². The van der Waals surface area contributed by atoms with Crippen LogP contribution in [0.3, 0.4) is 0 Å². The van der Waals surface area contributed by atoms with Gasteiger partial charge < -0.3 is 0 Å². The van der Waals surface area contributed by atoms with Crippen molar-refractivity contribution < 1.29 is 0 Å². The number of fused-ring (bicyclic) bond motifs is 10. The quantitative estimate of drug-likeness (QED) is 0.160. The first-order valence-electron chi connectivity index (χ1n) is 18.6. The van der Waals surface area contributed by atoms with Gasteiger partial charge in [0.15, 0.2) is 17.5 Å². The lowest BCUT2D eigenvalue weighted by Crippen LogP contribution is -2.31. The Hall–Kier alpha value is -6.62. The molecule has 3 nitrogen and oxygen atoms in total. The molecule has 1 aromatic heterocycles. The van der Waals surface area contributed by atoms with E-state index in [2.05, 4.69) is 146 Å². The van der Waals surface area contributed by atoms with Crippen LogP contribution < -0.4 is 0 Å². The zero-order valence-corrected chi connectivity index (χ0v) is 31.1. The molecule has 0 bridgehead atoms. The van der Waals surface area contributed by atoms with E-state index in [0.717, 1.165) is 38.6 Å². The SMILES string of the molecule is C=C/C=C\C=C(/C)c1nc(-c2ccccc2)nc(-c2c(-c3ccc4c(c3)Sc3ccccc3C43c4ccccc4-c4ccccc43)ccc3ccccc23)n1. The van der Waals surface area contributed by atoms with Crippen molar-refractivity contribution in [1.82, 2.24) is 15.0 Å². The summed E-state index contributed by atoms with van der Waals surface area (Å²) in [6, 6.07) is 57.1. The molecule has 2 aliphatic rings. The van der Waals surface area contributed by atoms with E-state index in [0.29, 0.717) is 17.5 Å². The van der Waals surface area contributed by atoms with Gasteiger partial charge in [-0.3, -0.25) is 0 Å². The predicted octanol–water partition coefficient (Wildman–Crippen LogP) is 13.0. The van der Waals surface area contributed by atoms with Gasteiger partial charge in [0.2, 0.25) is 0 Å². The normalized spacial score (nSPS) is 13.7. The highest BCUT2D eigenvalue weighted by atomic mass is 32.2. The summed E-state index contributed by atoms with van der Waals surface area (Å²) in [5, 5.41) is 2.22. The van der Waals surface area contributed by atoms with Gasteiger partial charge in [-0.2, -0.15) is 0 Å². The number of hydrogen-bond donors (Lipinski definition) is 0. The number of rotatable bonds is 6. The van der Waals surface area contributed by atoms with Gasteiger partial charge in [-0.1, -0.05) is 188 Å². The Labute approximate surface area is 325 Å². The molecule has 260 valence electrons. The van der Waals surface area contributed by atoms with Gasteiger partial charge in [0, 0.05) is 20.9 Å². The topological polar surface area (TPSA) is 38.7 Å². The highest BCUT2D eigenvalue weighted by Gasteiger charge is 2.50. The Bertz CT molecular complexity index is 2840. The first-order valence-corrected chi connectivity index (χ1v) is 19.4. The molecule has 0 unspecified atom stereocenters. The third kappa shape index (κ3) is 5.25. The number of allylic oxidation sites excluding steroid dienone is 5. The van der Waals surface area contributed by atoms with Crippen molar-refractivity contribution in [2.75, 3.05) is 0 Å². The highest BCUT2D eigenvalue weighted by Crippen LogP contribution is 2.62. The van der Waals surface area contributed by atoms with E-state index in [-0.39, 0.29) is 0 Å². The maximum Gasteiger partial charge on any atom is 0.165 e. The van der Waals surface area contributed by atoms with E-state index >= 15 is 0 Å². The second-order valence-corrected chi connectivity index (χ2v) is 15.1. The van der Waals surface area contributed by atoms with E-state index in [4.69, 9.17) is 15.0 Å². The maximum atomic E-state index is 5.23. The van der Waals surface area contributed by atoms with Crippen molar-refractivity contribution >= 4 is 28.1 Å². The Morgan fingerprint density at radius 3 is 1.98 bits per heavy atom. The molecule has 0 saturated carbocycles. The first-order chi connectivity index (χ1) is 27.1. The average molecular weight is 722 g/mol. The molecule has 0 radical (unpaired) electrons. The minimum absolute atomic E-state index is 0.424. The smallest absolute Gasteiger partial charge is 0.165 e. The second kappa shape index (κ2) is 13.3. The molecule has 0 N–H and O–H groups in total. The van der Waals surface area contributed by atoms with Crippen LogP contribution in [0.1, 0.15) is 35.0 Å². The fourth-order valence-corrected chi connectivity index (χ4v) is 9.75. The van der Waals surface area contributed by atoms with E-state index in [1.165, 1.54) is 43.2 Å². The minimum atomic E-state index is -0.424. The number of benzene rings is 7. The lowest BCUT2D eigenvalue weighted by molar-refractivity contribution is 0.722. The van der Waals surface area contributed by atoms with Crippen LogP contribution in [-0.2, 0) is 5.41 Å². The summed E-state index contributed by atoms with van der Waals surface area (Å²) in [4.78, 5) is 18.0. The van der Waals surface area contributed by atoms with Crippen LogP contribution >= 0.6 is 11.8 Å². The van der Waals surface area contributed by atoms with Gasteiger partial charge in [-0.05, 0) is 79.9 Å². The third-order valence-electron chi connectivity index (χ3n) is 10.9. The molecule has 4 heteroatoms. The Morgan fingerprint density at radius 1 is 0.545 bits per heavy atom. The molecule has 2 heterocycles. The van der Waals surface area contributed by atoms with Crippen LogP contribution in [0.15, 0.2) is 198 Å². The Morgan fingerprint density at radius 2 is 1.20 bits per heavy atom. The third-order valence-corrected chi connectivity index (χ3v) is 12.1. The predicted molar refractivity (Wildman–Crippen MR) is 228 cm³/mol. The fourth-order valence-electron chi connectivity index (χ4n) is 8.51. The zero-order chi connectivity index (χ0) is 36.9. The summed E-state index contributed by atoms with van der Waals surface area (Å²) < 4.78 is 0. The minimum Gasteiger partial charge on any atom is -0.209 e. The van der Waals surface area contributed by atoms with Crippen molar-refractivity contribution in [3.05, 3.63) is 217 Å². The van der Waals surface area contributed by atoms with Crippen molar-refractivity contribution in [3.8, 4) is 45.0 Å². The van der Waals surface area contributed by atoms with Crippen molar-refractivity contribution in [3.63, 3.8) is 0 Å². The summed E-state index contributed by atoms with van der Waals surface area (Å²) in [5.74, 6) is 1.91. The number of hydrogen-bond acceptors (Lipinski definition) is 4. The summed E-state index contributed by atoms with van der Waals surface area (Å²) in [6.45, 7) is 5.87. The molecular formula is C51H35N3S. The summed E-state index contributed by atoms with van der Waals surface area (Å²) in [6.07, 6.45) is 7.66. The monoisotopic (exact) mass is 721 g/mol. The molecular weight excluding hydrogens is 687 g/mol. The van der Waals surface area contributed by atoms with Crippen LogP contribution in [0.5, 0.6) is 0 Å². The van der Waals surface area contributed by atoms with Gasteiger partial charge in [-0.15, -0.1) is 0 Å². The molecule has 0 atom stereocenters. The van der Waals surface area contributed by atoms with Crippen LogP contribution in [-0.4, -0.2) is 15.0 Å².